The van der Waals surface area contributed by atoms with Crippen molar-refractivity contribution in [2.75, 3.05) is 6.54 Å². The molecule has 0 aromatic heterocycles. The average molecular weight is 153 g/mol. The number of rotatable bonds is 0. The Morgan fingerprint density at radius 3 is 2.18 bits per heavy atom. The van der Waals surface area contributed by atoms with Gasteiger partial charge in [0.15, 0.2) is 0 Å². The Labute approximate surface area is 69.8 Å². The Bertz CT molecular complexity index is 168. The lowest BCUT2D eigenvalue weighted by molar-refractivity contribution is 0.109. The molecule has 0 radical (unpaired) electrons. The monoisotopic (exact) mass is 153 g/mol. The standard InChI is InChI=1S/C10H19N/c1-7-9-5-8(9)6-11(7)10(2,3)4/h7-9H,5-6H2,1-4H3/t7-,8?,9-/m1/s1. The van der Waals surface area contributed by atoms with E-state index in [1.165, 1.54) is 13.0 Å². The molecule has 2 rings (SSSR count). The van der Waals surface area contributed by atoms with Gasteiger partial charge in [-0.2, -0.15) is 0 Å². The topological polar surface area (TPSA) is 3.24 Å². The van der Waals surface area contributed by atoms with Crippen LogP contribution < -0.4 is 0 Å². The van der Waals surface area contributed by atoms with Gasteiger partial charge in [-0.3, -0.25) is 4.90 Å². The van der Waals surface area contributed by atoms with Crippen molar-refractivity contribution in [2.45, 2.75) is 45.7 Å². The second kappa shape index (κ2) is 2.01. The number of fused-ring (bicyclic) bond motifs is 1. The van der Waals surface area contributed by atoms with Crippen molar-refractivity contribution in [2.24, 2.45) is 11.8 Å². The summed E-state index contributed by atoms with van der Waals surface area (Å²) >= 11 is 0. The van der Waals surface area contributed by atoms with Gasteiger partial charge in [0.2, 0.25) is 0 Å². The van der Waals surface area contributed by atoms with Crippen molar-refractivity contribution in [3.63, 3.8) is 0 Å². The molecule has 1 heteroatoms. The summed E-state index contributed by atoms with van der Waals surface area (Å²) in [6, 6.07) is 0.847. The van der Waals surface area contributed by atoms with Gasteiger partial charge in [-0.15, -0.1) is 0 Å². The summed E-state index contributed by atoms with van der Waals surface area (Å²) in [5.41, 5.74) is 0.396. The Balaban J connectivity index is 2.07. The highest BCUT2D eigenvalue weighted by Crippen LogP contribution is 2.51. The normalized spacial score (nSPS) is 44.2. The Morgan fingerprint density at radius 1 is 1.27 bits per heavy atom. The van der Waals surface area contributed by atoms with Gasteiger partial charge in [0.05, 0.1) is 0 Å². The maximum Gasteiger partial charge on any atom is 0.0128 e. The fraction of sp³-hybridized carbons (Fsp3) is 1.00. The number of hydrogen-bond acceptors (Lipinski definition) is 1. The lowest BCUT2D eigenvalue weighted by atomic mass is 10.0. The second-order valence-electron chi connectivity index (χ2n) is 5.22. The molecule has 3 atom stereocenters. The molecule has 1 saturated carbocycles. The average Bonchev–Trinajstić information content (AvgIpc) is 2.52. The van der Waals surface area contributed by atoms with E-state index in [9.17, 15) is 0 Å². The maximum atomic E-state index is 2.66. The molecular formula is C10H19N. The largest absolute Gasteiger partial charge is 0.295 e. The van der Waals surface area contributed by atoms with Gasteiger partial charge in [-0.05, 0) is 46.0 Å². The molecule has 1 heterocycles. The highest BCUT2D eigenvalue weighted by atomic mass is 15.3. The fourth-order valence-electron chi connectivity index (χ4n) is 2.61. The summed E-state index contributed by atoms with van der Waals surface area (Å²) < 4.78 is 0. The van der Waals surface area contributed by atoms with Crippen LogP contribution >= 0.6 is 0 Å². The van der Waals surface area contributed by atoms with Crippen LogP contribution in [0.2, 0.25) is 0 Å². The third-order valence-electron chi connectivity index (χ3n) is 3.38. The van der Waals surface area contributed by atoms with Crippen molar-refractivity contribution >= 4 is 0 Å². The van der Waals surface area contributed by atoms with Crippen molar-refractivity contribution in [1.82, 2.24) is 4.90 Å². The summed E-state index contributed by atoms with van der Waals surface area (Å²) in [6.07, 6.45) is 1.51. The van der Waals surface area contributed by atoms with Gasteiger partial charge in [-0.25, -0.2) is 0 Å². The molecular weight excluding hydrogens is 134 g/mol. The van der Waals surface area contributed by atoms with Gasteiger partial charge < -0.3 is 0 Å². The third kappa shape index (κ3) is 1.10. The zero-order valence-electron chi connectivity index (χ0n) is 8.09. The van der Waals surface area contributed by atoms with Gasteiger partial charge in [0, 0.05) is 18.1 Å². The molecule has 0 bridgehead atoms. The molecule has 1 unspecified atom stereocenters. The van der Waals surface area contributed by atoms with E-state index in [-0.39, 0.29) is 0 Å². The molecule has 0 aromatic carbocycles. The van der Waals surface area contributed by atoms with Crippen LogP contribution in [0.1, 0.15) is 34.1 Å². The lowest BCUT2D eigenvalue weighted by Crippen LogP contribution is -2.45. The summed E-state index contributed by atoms with van der Waals surface area (Å²) in [5, 5.41) is 0. The number of nitrogens with zero attached hydrogens (tertiary/aromatic N) is 1. The predicted octanol–water partition coefficient (Wildman–Crippen LogP) is 2.13. The first-order chi connectivity index (χ1) is 5.00. The number of hydrogen-bond donors (Lipinski definition) is 0. The molecule has 1 aliphatic heterocycles. The third-order valence-corrected chi connectivity index (χ3v) is 3.38. The molecule has 0 aromatic rings. The lowest BCUT2D eigenvalue weighted by Gasteiger charge is -2.37. The minimum Gasteiger partial charge on any atom is -0.295 e. The van der Waals surface area contributed by atoms with E-state index in [4.69, 9.17) is 0 Å². The zero-order valence-corrected chi connectivity index (χ0v) is 8.09. The van der Waals surface area contributed by atoms with Crippen molar-refractivity contribution < 1.29 is 0 Å². The predicted molar refractivity (Wildman–Crippen MR) is 47.5 cm³/mol. The van der Waals surface area contributed by atoms with Crippen LogP contribution in [-0.4, -0.2) is 23.0 Å². The molecule has 0 spiro atoms. The van der Waals surface area contributed by atoms with Crippen LogP contribution in [0, 0.1) is 11.8 Å². The Morgan fingerprint density at radius 2 is 1.91 bits per heavy atom. The van der Waals surface area contributed by atoms with E-state index in [0.29, 0.717) is 5.54 Å². The molecule has 0 amide bonds. The number of piperidine rings is 1. The minimum atomic E-state index is 0.396. The van der Waals surface area contributed by atoms with Crippen LogP contribution in [0.3, 0.4) is 0 Å². The van der Waals surface area contributed by atoms with E-state index in [2.05, 4.69) is 32.6 Å². The molecule has 2 fully saturated rings. The molecule has 1 aliphatic carbocycles. The molecule has 0 N–H and O–H groups in total. The highest BCUT2D eigenvalue weighted by Gasteiger charge is 2.52. The first-order valence-electron chi connectivity index (χ1n) is 4.77. The maximum absolute atomic E-state index is 2.66. The molecule has 2 aliphatic rings. The van der Waals surface area contributed by atoms with E-state index < -0.39 is 0 Å². The fourth-order valence-corrected chi connectivity index (χ4v) is 2.61. The first-order valence-corrected chi connectivity index (χ1v) is 4.77. The zero-order chi connectivity index (χ0) is 8.22. The van der Waals surface area contributed by atoms with Crippen LogP contribution in [0.15, 0.2) is 0 Å². The minimum absolute atomic E-state index is 0.396. The van der Waals surface area contributed by atoms with Crippen LogP contribution in [0.5, 0.6) is 0 Å². The molecule has 64 valence electrons. The van der Waals surface area contributed by atoms with E-state index in [1.807, 2.05) is 0 Å². The highest BCUT2D eigenvalue weighted by molar-refractivity contribution is 5.05. The van der Waals surface area contributed by atoms with Crippen LogP contribution in [0.4, 0.5) is 0 Å². The summed E-state index contributed by atoms with van der Waals surface area (Å²) in [6.45, 7) is 10.7. The summed E-state index contributed by atoms with van der Waals surface area (Å²) in [5.74, 6) is 2.11. The molecule has 11 heavy (non-hydrogen) atoms. The van der Waals surface area contributed by atoms with Crippen molar-refractivity contribution in [3.8, 4) is 0 Å². The Hall–Kier alpha value is -0.0400. The van der Waals surface area contributed by atoms with Crippen molar-refractivity contribution in [1.29, 1.82) is 0 Å². The summed E-state index contributed by atoms with van der Waals surface area (Å²) in [4.78, 5) is 2.66. The second-order valence-corrected chi connectivity index (χ2v) is 5.22. The Kier molecular flexibility index (Phi) is 1.39. The van der Waals surface area contributed by atoms with Crippen LogP contribution in [0.25, 0.3) is 0 Å². The van der Waals surface area contributed by atoms with Gasteiger partial charge in [-0.1, -0.05) is 0 Å². The van der Waals surface area contributed by atoms with Gasteiger partial charge >= 0.3 is 0 Å². The van der Waals surface area contributed by atoms with Gasteiger partial charge in [0.25, 0.3) is 0 Å². The van der Waals surface area contributed by atoms with E-state index in [0.717, 1.165) is 17.9 Å². The summed E-state index contributed by atoms with van der Waals surface area (Å²) in [7, 11) is 0. The molecule has 1 saturated heterocycles. The van der Waals surface area contributed by atoms with E-state index in [1.54, 1.807) is 0 Å². The van der Waals surface area contributed by atoms with Crippen LogP contribution in [-0.2, 0) is 0 Å². The number of likely N-dealkylation sites (tertiary alicyclic amines) is 1. The quantitative estimate of drug-likeness (QED) is 0.515. The van der Waals surface area contributed by atoms with Crippen molar-refractivity contribution in [3.05, 3.63) is 0 Å². The van der Waals surface area contributed by atoms with Gasteiger partial charge in [0.1, 0.15) is 0 Å². The molecule has 1 nitrogen and oxygen atoms in total. The first kappa shape index (κ1) is 7.60. The van der Waals surface area contributed by atoms with E-state index >= 15 is 0 Å². The smallest absolute Gasteiger partial charge is 0.0128 e. The SMILES string of the molecule is C[C@@H]1[C@H]2CC2CN1C(C)(C)C.